The summed E-state index contributed by atoms with van der Waals surface area (Å²) in [5, 5.41) is 7.97. The smallest absolute Gasteiger partial charge is 0.0643 e. The molecule has 3 aliphatic heterocycles. The summed E-state index contributed by atoms with van der Waals surface area (Å²) in [7, 11) is 0. The van der Waals surface area contributed by atoms with Crippen LogP contribution in [-0.4, -0.2) is 31.4 Å². The van der Waals surface area contributed by atoms with Gasteiger partial charge in [-0.15, -0.1) is 0 Å². The fourth-order valence-corrected chi connectivity index (χ4v) is 5.93. The van der Waals surface area contributed by atoms with Crippen molar-refractivity contribution >= 4 is 40.4 Å². The summed E-state index contributed by atoms with van der Waals surface area (Å²) in [6, 6.07) is 11.6. The first-order valence-corrected chi connectivity index (χ1v) is 11.0. The second-order valence-corrected chi connectivity index (χ2v) is 9.11. The number of hydrogen-bond acceptors (Lipinski definition) is 4. The number of piperidine rings is 1. The number of aryl methyl sites for hydroxylation is 1. The molecule has 0 amide bonds. The average Bonchev–Trinajstić information content (AvgIpc) is 2.80. The molecule has 136 valence electrons. The van der Waals surface area contributed by atoms with Crippen LogP contribution in [0.1, 0.15) is 29.0 Å². The zero-order valence-corrected chi connectivity index (χ0v) is 16.6. The zero-order chi connectivity index (χ0) is 17.7. The van der Waals surface area contributed by atoms with Crippen LogP contribution in [0, 0.1) is 6.92 Å². The van der Waals surface area contributed by atoms with E-state index in [-0.39, 0.29) is 0 Å². The molecule has 0 bridgehead atoms. The fraction of sp³-hybridized carbons (Fsp3) is 0.429. The van der Waals surface area contributed by atoms with Gasteiger partial charge in [-0.2, -0.15) is 11.8 Å². The van der Waals surface area contributed by atoms with E-state index in [0.29, 0.717) is 12.0 Å². The second kappa shape index (κ2) is 6.66. The van der Waals surface area contributed by atoms with Gasteiger partial charge in [0.2, 0.25) is 0 Å². The second-order valence-electron chi connectivity index (χ2n) is 7.59. The zero-order valence-electron chi connectivity index (χ0n) is 15.0. The van der Waals surface area contributed by atoms with Crippen LogP contribution >= 0.6 is 23.4 Å². The number of nitrogens with one attached hydrogen (secondary N) is 2. The molecule has 1 fully saturated rings. The van der Waals surface area contributed by atoms with Crippen molar-refractivity contribution in [2.75, 3.05) is 35.6 Å². The minimum atomic E-state index is 0.607. The highest BCUT2D eigenvalue weighted by Gasteiger charge is 2.41. The van der Waals surface area contributed by atoms with Gasteiger partial charge in [0, 0.05) is 47.9 Å². The SMILES string of the molecule is Cc1ccc(Nc2cc3c4c(c2)C2CNCCC2N4CCSC3)c(Cl)c1. The Bertz CT molecular complexity index is 853. The summed E-state index contributed by atoms with van der Waals surface area (Å²) < 4.78 is 0. The molecule has 2 N–H and O–H groups in total. The molecule has 5 rings (SSSR count). The van der Waals surface area contributed by atoms with Crippen LogP contribution in [0.2, 0.25) is 5.02 Å². The van der Waals surface area contributed by atoms with E-state index in [2.05, 4.69) is 58.5 Å². The summed E-state index contributed by atoms with van der Waals surface area (Å²) >= 11 is 8.51. The fourth-order valence-electron chi connectivity index (χ4n) is 4.73. The maximum absolute atomic E-state index is 6.46. The third-order valence-electron chi connectivity index (χ3n) is 5.89. The third-order valence-corrected chi connectivity index (χ3v) is 7.19. The molecular formula is C21H24ClN3S. The van der Waals surface area contributed by atoms with Crippen molar-refractivity contribution in [3.8, 4) is 0 Å². The van der Waals surface area contributed by atoms with Crippen LogP contribution < -0.4 is 15.5 Å². The Morgan fingerprint density at radius 2 is 2.19 bits per heavy atom. The van der Waals surface area contributed by atoms with Gasteiger partial charge in [0.1, 0.15) is 0 Å². The normalized spacial score (nSPS) is 24.0. The highest BCUT2D eigenvalue weighted by atomic mass is 35.5. The molecule has 0 saturated carbocycles. The van der Waals surface area contributed by atoms with Gasteiger partial charge in [-0.1, -0.05) is 17.7 Å². The lowest BCUT2D eigenvalue weighted by atomic mass is 9.89. The molecular weight excluding hydrogens is 362 g/mol. The highest BCUT2D eigenvalue weighted by Crippen LogP contribution is 2.48. The van der Waals surface area contributed by atoms with E-state index >= 15 is 0 Å². The van der Waals surface area contributed by atoms with Crippen LogP contribution in [0.3, 0.4) is 0 Å². The molecule has 0 radical (unpaired) electrons. The Labute approximate surface area is 164 Å². The van der Waals surface area contributed by atoms with E-state index in [1.54, 1.807) is 0 Å². The summed E-state index contributed by atoms with van der Waals surface area (Å²) in [6.45, 7) is 5.48. The first-order valence-electron chi connectivity index (χ1n) is 9.46. The van der Waals surface area contributed by atoms with Crippen LogP contribution in [0.4, 0.5) is 17.1 Å². The molecule has 0 spiro atoms. The topological polar surface area (TPSA) is 27.3 Å². The standard InChI is InChI=1S/C21H24ClN3S/c1-13-2-3-19(18(22)8-13)24-15-9-14-12-26-7-6-25-20-4-5-23-11-17(20)16(10-15)21(14)25/h2-3,8-10,17,20,23-24H,4-7,11-12H2,1H3. The van der Waals surface area contributed by atoms with Crippen molar-refractivity contribution in [3.63, 3.8) is 0 Å². The summed E-state index contributed by atoms with van der Waals surface area (Å²) in [4.78, 5) is 2.71. The number of fused-ring (bicyclic) bond motifs is 3. The monoisotopic (exact) mass is 385 g/mol. The predicted molar refractivity (Wildman–Crippen MR) is 113 cm³/mol. The summed E-state index contributed by atoms with van der Waals surface area (Å²) in [5.41, 5.74) is 7.86. The number of halogens is 1. The van der Waals surface area contributed by atoms with Crippen LogP contribution in [0.25, 0.3) is 0 Å². The van der Waals surface area contributed by atoms with Crippen molar-refractivity contribution in [1.29, 1.82) is 0 Å². The van der Waals surface area contributed by atoms with Gasteiger partial charge in [0.25, 0.3) is 0 Å². The van der Waals surface area contributed by atoms with Crippen molar-refractivity contribution in [2.24, 2.45) is 0 Å². The lowest BCUT2D eigenvalue weighted by Crippen LogP contribution is -2.44. The first kappa shape index (κ1) is 16.8. The first-order chi connectivity index (χ1) is 12.7. The molecule has 0 aromatic heterocycles. The quantitative estimate of drug-likeness (QED) is 0.768. The van der Waals surface area contributed by atoms with Gasteiger partial charge >= 0.3 is 0 Å². The van der Waals surface area contributed by atoms with E-state index in [0.717, 1.165) is 35.2 Å². The maximum Gasteiger partial charge on any atom is 0.0643 e. The largest absolute Gasteiger partial charge is 0.367 e. The van der Waals surface area contributed by atoms with E-state index in [9.17, 15) is 0 Å². The van der Waals surface area contributed by atoms with Gasteiger partial charge < -0.3 is 15.5 Å². The summed E-state index contributed by atoms with van der Waals surface area (Å²) in [5.74, 6) is 2.93. The number of rotatable bonds is 2. The van der Waals surface area contributed by atoms with E-state index in [1.165, 1.54) is 41.1 Å². The van der Waals surface area contributed by atoms with Gasteiger partial charge in [-0.25, -0.2) is 0 Å². The number of nitrogens with zero attached hydrogens (tertiary/aromatic N) is 1. The van der Waals surface area contributed by atoms with Gasteiger partial charge in [-0.05, 0) is 60.8 Å². The van der Waals surface area contributed by atoms with Gasteiger partial charge in [0.15, 0.2) is 0 Å². The molecule has 2 atom stereocenters. The van der Waals surface area contributed by atoms with Crippen LogP contribution in [-0.2, 0) is 5.75 Å². The molecule has 5 heteroatoms. The van der Waals surface area contributed by atoms with Crippen LogP contribution in [0.5, 0.6) is 0 Å². The molecule has 3 aliphatic rings. The summed E-state index contributed by atoms with van der Waals surface area (Å²) in [6.07, 6.45) is 1.25. The molecule has 26 heavy (non-hydrogen) atoms. The molecule has 2 aromatic carbocycles. The number of hydrogen-bond donors (Lipinski definition) is 2. The molecule has 2 aromatic rings. The third kappa shape index (κ3) is 2.79. The lowest BCUT2D eigenvalue weighted by Gasteiger charge is -2.33. The van der Waals surface area contributed by atoms with Crippen molar-refractivity contribution in [2.45, 2.75) is 31.1 Å². The molecule has 3 nitrogen and oxygen atoms in total. The van der Waals surface area contributed by atoms with E-state index in [4.69, 9.17) is 11.6 Å². The molecule has 2 unspecified atom stereocenters. The molecule has 0 aliphatic carbocycles. The minimum absolute atomic E-state index is 0.607. The Hall–Kier alpha value is -1.36. The number of anilines is 3. The Kier molecular flexibility index (Phi) is 4.30. The van der Waals surface area contributed by atoms with Gasteiger partial charge in [0.05, 0.1) is 10.7 Å². The predicted octanol–water partition coefficient (Wildman–Crippen LogP) is 4.90. The Morgan fingerprint density at radius 3 is 3.08 bits per heavy atom. The minimum Gasteiger partial charge on any atom is -0.367 e. The maximum atomic E-state index is 6.46. The molecule has 3 heterocycles. The Morgan fingerprint density at radius 1 is 1.27 bits per heavy atom. The van der Waals surface area contributed by atoms with Crippen molar-refractivity contribution in [3.05, 3.63) is 52.0 Å². The molecule has 1 saturated heterocycles. The van der Waals surface area contributed by atoms with Crippen molar-refractivity contribution < 1.29 is 0 Å². The number of thioether (sulfide) groups is 1. The highest BCUT2D eigenvalue weighted by molar-refractivity contribution is 7.98. The Balaban J connectivity index is 1.57. The average molecular weight is 386 g/mol. The van der Waals surface area contributed by atoms with E-state index < -0.39 is 0 Å². The number of benzene rings is 2. The van der Waals surface area contributed by atoms with E-state index in [1.807, 2.05) is 6.07 Å². The van der Waals surface area contributed by atoms with Gasteiger partial charge in [-0.3, -0.25) is 0 Å². The van der Waals surface area contributed by atoms with Crippen LogP contribution in [0.15, 0.2) is 30.3 Å². The lowest BCUT2D eigenvalue weighted by molar-refractivity contribution is 0.406. The van der Waals surface area contributed by atoms with Crippen molar-refractivity contribution in [1.82, 2.24) is 5.32 Å².